The highest BCUT2D eigenvalue weighted by atomic mass is 16.5. The van der Waals surface area contributed by atoms with Gasteiger partial charge in [0.2, 0.25) is 0 Å². The molecule has 1 saturated heterocycles. The Labute approximate surface area is 102 Å². The third kappa shape index (κ3) is 2.28. The van der Waals surface area contributed by atoms with Crippen molar-refractivity contribution in [3.63, 3.8) is 0 Å². The lowest BCUT2D eigenvalue weighted by Gasteiger charge is -2.23. The van der Waals surface area contributed by atoms with E-state index in [4.69, 9.17) is 4.74 Å². The summed E-state index contributed by atoms with van der Waals surface area (Å²) in [7, 11) is 0. The molecule has 0 aromatic rings. The largest absolute Gasteiger partial charge is 0.457 e. The Bertz CT molecular complexity index is 373. The summed E-state index contributed by atoms with van der Waals surface area (Å²) < 4.78 is 5.51. The van der Waals surface area contributed by atoms with Crippen LogP contribution in [0.1, 0.15) is 20.3 Å². The van der Waals surface area contributed by atoms with Crippen molar-refractivity contribution >= 4 is 5.97 Å². The first-order valence-electron chi connectivity index (χ1n) is 6.05. The van der Waals surface area contributed by atoms with Crippen molar-refractivity contribution in [2.45, 2.75) is 32.4 Å². The maximum Gasteiger partial charge on any atom is 0.333 e. The van der Waals surface area contributed by atoms with Crippen LogP contribution < -0.4 is 0 Å². The van der Waals surface area contributed by atoms with Gasteiger partial charge in [0.25, 0.3) is 0 Å². The van der Waals surface area contributed by atoms with Gasteiger partial charge in [-0.15, -0.1) is 0 Å². The van der Waals surface area contributed by atoms with Gasteiger partial charge in [-0.1, -0.05) is 12.2 Å². The van der Waals surface area contributed by atoms with E-state index in [9.17, 15) is 9.90 Å². The molecular formula is C13H19NO3. The smallest absolute Gasteiger partial charge is 0.333 e. The molecule has 0 radical (unpaired) electrons. The molecule has 0 spiro atoms. The average molecular weight is 237 g/mol. The van der Waals surface area contributed by atoms with Gasteiger partial charge in [-0.3, -0.25) is 4.90 Å². The molecule has 2 unspecified atom stereocenters. The summed E-state index contributed by atoms with van der Waals surface area (Å²) in [4.78, 5) is 14.0. The Balaban J connectivity index is 2.03. The molecular weight excluding hydrogens is 218 g/mol. The number of carbonyl (C=O) groups is 1. The zero-order valence-corrected chi connectivity index (χ0v) is 10.3. The van der Waals surface area contributed by atoms with E-state index >= 15 is 0 Å². The van der Waals surface area contributed by atoms with E-state index in [1.165, 1.54) is 0 Å². The third-order valence-electron chi connectivity index (χ3n) is 3.61. The van der Waals surface area contributed by atoms with Gasteiger partial charge >= 0.3 is 5.97 Å². The van der Waals surface area contributed by atoms with Crippen molar-refractivity contribution in [3.8, 4) is 0 Å². The van der Waals surface area contributed by atoms with Crippen molar-refractivity contribution in [1.82, 2.24) is 4.90 Å². The highest BCUT2D eigenvalue weighted by Crippen LogP contribution is 2.31. The summed E-state index contributed by atoms with van der Waals surface area (Å²) in [6.45, 7) is 5.42. The molecule has 1 fully saturated rings. The first-order valence-corrected chi connectivity index (χ1v) is 6.05. The van der Waals surface area contributed by atoms with Crippen LogP contribution in [0.5, 0.6) is 0 Å². The van der Waals surface area contributed by atoms with Gasteiger partial charge in [-0.2, -0.15) is 0 Å². The summed E-state index contributed by atoms with van der Waals surface area (Å²) in [5.74, 6) is -0.247. The van der Waals surface area contributed by atoms with Gasteiger partial charge < -0.3 is 9.84 Å². The van der Waals surface area contributed by atoms with Gasteiger partial charge in [0.05, 0.1) is 12.6 Å². The number of ether oxygens (including phenoxy) is 1. The maximum atomic E-state index is 11.7. The van der Waals surface area contributed by atoms with Crippen molar-refractivity contribution in [2.24, 2.45) is 0 Å². The lowest BCUT2D eigenvalue weighted by Crippen LogP contribution is -2.35. The standard InChI is InChI=1S/C13H19NO3/c1-3-9(2)13(16)17-11-5-7-14-6-4-10(8-15)12(11)14/h3-4,11-12,15H,5-8H2,1-2H3/b9-3+. The Kier molecular flexibility index (Phi) is 3.64. The summed E-state index contributed by atoms with van der Waals surface area (Å²) in [5, 5.41) is 9.27. The van der Waals surface area contributed by atoms with E-state index in [-0.39, 0.29) is 24.7 Å². The Morgan fingerprint density at radius 1 is 1.71 bits per heavy atom. The molecule has 94 valence electrons. The van der Waals surface area contributed by atoms with E-state index in [2.05, 4.69) is 4.90 Å². The minimum atomic E-state index is -0.247. The SMILES string of the molecule is C/C=C(\C)C(=O)OC1CCN2CC=C(CO)C12. The number of aliphatic hydroxyl groups excluding tert-OH is 1. The van der Waals surface area contributed by atoms with Gasteiger partial charge in [-0.05, 0) is 25.8 Å². The monoisotopic (exact) mass is 237 g/mol. The molecule has 2 atom stereocenters. The summed E-state index contributed by atoms with van der Waals surface area (Å²) in [6.07, 6.45) is 4.53. The molecule has 0 bridgehead atoms. The highest BCUT2D eigenvalue weighted by molar-refractivity contribution is 5.87. The molecule has 0 saturated carbocycles. The fourth-order valence-corrected chi connectivity index (χ4v) is 2.49. The van der Waals surface area contributed by atoms with E-state index in [1.807, 2.05) is 13.0 Å². The topological polar surface area (TPSA) is 49.8 Å². The van der Waals surface area contributed by atoms with E-state index in [1.54, 1.807) is 13.0 Å². The lowest BCUT2D eigenvalue weighted by atomic mass is 10.1. The number of allylic oxidation sites excluding steroid dienone is 1. The third-order valence-corrected chi connectivity index (χ3v) is 3.61. The average Bonchev–Trinajstić information content (AvgIpc) is 2.90. The van der Waals surface area contributed by atoms with Crippen molar-refractivity contribution < 1.29 is 14.6 Å². The number of nitrogens with zero attached hydrogens (tertiary/aromatic N) is 1. The van der Waals surface area contributed by atoms with E-state index in [0.717, 1.165) is 25.1 Å². The molecule has 2 aliphatic rings. The molecule has 17 heavy (non-hydrogen) atoms. The van der Waals surface area contributed by atoms with Crippen molar-refractivity contribution in [3.05, 3.63) is 23.3 Å². The number of hydrogen-bond donors (Lipinski definition) is 1. The Morgan fingerprint density at radius 3 is 3.12 bits per heavy atom. The number of carbonyl (C=O) groups excluding carboxylic acids is 1. The highest BCUT2D eigenvalue weighted by Gasteiger charge is 2.41. The fourth-order valence-electron chi connectivity index (χ4n) is 2.49. The Hall–Kier alpha value is -1.13. The molecule has 2 aliphatic heterocycles. The minimum absolute atomic E-state index is 0.0534. The zero-order valence-electron chi connectivity index (χ0n) is 10.3. The zero-order chi connectivity index (χ0) is 12.4. The molecule has 0 aliphatic carbocycles. The van der Waals surface area contributed by atoms with E-state index < -0.39 is 0 Å². The molecule has 2 rings (SSSR count). The predicted molar refractivity (Wildman–Crippen MR) is 64.5 cm³/mol. The second-order valence-corrected chi connectivity index (χ2v) is 4.58. The summed E-state index contributed by atoms with van der Waals surface area (Å²) >= 11 is 0. The van der Waals surface area contributed by atoms with Crippen LogP contribution in [0.25, 0.3) is 0 Å². The van der Waals surface area contributed by atoms with Gasteiger partial charge in [0.1, 0.15) is 6.10 Å². The first-order chi connectivity index (χ1) is 8.17. The van der Waals surface area contributed by atoms with Crippen LogP contribution in [-0.2, 0) is 9.53 Å². The number of hydrogen-bond acceptors (Lipinski definition) is 4. The van der Waals surface area contributed by atoms with Gasteiger partial charge in [0, 0.05) is 18.7 Å². The van der Waals surface area contributed by atoms with Crippen molar-refractivity contribution in [1.29, 1.82) is 0 Å². The van der Waals surface area contributed by atoms with Crippen molar-refractivity contribution in [2.75, 3.05) is 19.7 Å². The number of esters is 1. The molecule has 2 heterocycles. The summed E-state index contributed by atoms with van der Waals surface area (Å²) in [6, 6.07) is 0.0913. The van der Waals surface area contributed by atoms with Gasteiger partial charge in [-0.25, -0.2) is 4.79 Å². The van der Waals surface area contributed by atoms with Crippen LogP contribution in [0.4, 0.5) is 0 Å². The molecule has 1 N–H and O–H groups in total. The first kappa shape index (κ1) is 12.3. The number of fused-ring (bicyclic) bond motifs is 1. The molecule has 0 aromatic carbocycles. The predicted octanol–water partition coefficient (Wildman–Crippen LogP) is 0.871. The van der Waals surface area contributed by atoms with Crippen LogP contribution in [0.2, 0.25) is 0 Å². The normalized spacial score (nSPS) is 29.1. The number of rotatable bonds is 3. The van der Waals surface area contributed by atoms with Crippen LogP contribution in [-0.4, -0.2) is 47.8 Å². The van der Waals surface area contributed by atoms with Crippen LogP contribution in [0.3, 0.4) is 0 Å². The van der Waals surface area contributed by atoms with Crippen LogP contribution in [0.15, 0.2) is 23.3 Å². The minimum Gasteiger partial charge on any atom is -0.457 e. The van der Waals surface area contributed by atoms with Crippen LogP contribution in [0, 0.1) is 0 Å². The van der Waals surface area contributed by atoms with Crippen LogP contribution >= 0.6 is 0 Å². The second-order valence-electron chi connectivity index (χ2n) is 4.58. The maximum absolute atomic E-state index is 11.7. The van der Waals surface area contributed by atoms with E-state index in [0.29, 0.717) is 5.57 Å². The second kappa shape index (κ2) is 5.02. The fraction of sp³-hybridized carbons (Fsp3) is 0.615. The molecule has 4 nitrogen and oxygen atoms in total. The summed E-state index contributed by atoms with van der Waals surface area (Å²) in [5.41, 5.74) is 1.62. The lowest BCUT2D eigenvalue weighted by molar-refractivity contribution is -0.144. The molecule has 0 amide bonds. The molecule has 4 heteroatoms. The number of aliphatic hydroxyl groups is 1. The quantitative estimate of drug-likeness (QED) is 0.449. The molecule has 0 aromatic heterocycles. The van der Waals surface area contributed by atoms with Gasteiger partial charge in [0.15, 0.2) is 0 Å². The Morgan fingerprint density at radius 2 is 2.47 bits per heavy atom.